The molecule has 0 radical (unpaired) electrons. The van der Waals surface area contributed by atoms with E-state index in [0.717, 1.165) is 10.9 Å². The Hall–Kier alpha value is -3.58. The number of aliphatic carboxylic acids is 1. The van der Waals surface area contributed by atoms with Gasteiger partial charge in [-0.1, -0.05) is 23.7 Å². The molecule has 0 aliphatic rings. The molecule has 4 rings (SSSR count). The summed E-state index contributed by atoms with van der Waals surface area (Å²) >= 11 is 5.87. The van der Waals surface area contributed by atoms with Crippen LogP contribution in [0.1, 0.15) is 27.8 Å². The molecule has 0 spiro atoms. The van der Waals surface area contributed by atoms with Crippen LogP contribution in [0.3, 0.4) is 0 Å². The number of furan rings is 1. The zero-order valence-electron chi connectivity index (χ0n) is 18.3. The Morgan fingerprint density at radius 3 is 2.42 bits per heavy atom. The van der Waals surface area contributed by atoms with Crippen LogP contribution in [0.15, 0.2) is 50.2 Å². The number of carbonyl (C=O) groups excluding carboxylic acids is 1. The Labute approximate surface area is 194 Å². The number of halogens is 1. The van der Waals surface area contributed by atoms with Crippen LogP contribution in [0.25, 0.3) is 21.9 Å². The van der Waals surface area contributed by atoms with Crippen molar-refractivity contribution in [1.82, 2.24) is 5.32 Å². The van der Waals surface area contributed by atoms with Crippen molar-refractivity contribution in [2.24, 2.45) is 0 Å². The molecule has 4 aromatic rings. The zero-order valence-corrected chi connectivity index (χ0v) is 19.1. The lowest BCUT2D eigenvalue weighted by atomic mass is 9.99. The monoisotopic (exact) mass is 467 g/mol. The summed E-state index contributed by atoms with van der Waals surface area (Å²) in [5, 5.41) is 14.2. The summed E-state index contributed by atoms with van der Waals surface area (Å²) in [6.45, 7) is 5.49. The Morgan fingerprint density at radius 1 is 1.06 bits per heavy atom. The van der Waals surface area contributed by atoms with Crippen molar-refractivity contribution in [1.29, 1.82) is 0 Å². The Balaban J connectivity index is 1.63. The van der Waals surface area contributed by atoms with Gasteiger partial charge < -0.3 is 19.3 Å². The van der Waals surface area contributed by atoms with Gasteiger partial charge in [-0.3, -0.25) is 4.79 Å². The molecule has 0 aliphatic heterocycles. The summed E-state index contributed by atoms with van der Waals surface area (Å²) in [6.07, 6.45) is 1.43. The van der Waals surface area contributed by atoms with E-state index in [2.05, 4.69) is 5.32 Å². The molecule has 2 N–H and O–H groups in total. The second-order valence-electron chi connectivity index (χ2n) is 8.13. The number of nitrogens with one attached hydrogen (secondary N) is 1. The van der Waals surface area contributed by atoms with Gasteiger partial charge in [0.25, 0.3) is 0 Å². The van der Waals surface area contributed by atoms with Crippen LogP contribution in [-0.4, -0.2) is 23.0 Å². The molecule has 0 saturated heterocycles. The van der Waals surface area contributed by atoms with Gasteiger partial charge in [-0.2, -0.15) is 0 Å². The van der Waals surface area contributed by atoms with E-state index < -0.39 is 23.5 Å². The van der Waals surface area contributed by atoms with Crippen molar-refractivity contribution in [2.75, 3.05) is 0 Å². The minimum Gasteiger partial charge on any atom is -0.480 e. The highest BCUT2D eigenvalue weighted by atomic mass is 35.5. The second kappa shape index (κ2) is 8.75. The summed E-state index contributed by atoms with van der Waals surface area (Å²) in [6, 6.07) is 7.45. The summed E-state index contributed by atoms with van der Waals surface area (Å²) in [4.78, 5) is 37.1. The third-order valence-corrected chi connectivity index (χ3v) is 6.11. The molecule has 0 bridgehead atoms. The lowest BCUT2D eigenvalue weighted by Crippen LogP contribution is -2.43. The number of carboxylic acid groups (broad SMARTS) is 1. The first-order valence-electron chi connectivity index (χ1n) is 10.4. The smallest absolute Gasteiger partial charge is 0.340 e. The first-order chi connectivity index (χ1) is 15.7. The predicted molar refractivity (Wildman–Crippen MR) is 125 cm³/mol. The van der Waals surface area contributed by atoms with Gasteiger partial charge in [-0.25, -0.2) is 9.59 Å². The lowest BCUT2D eigenvalue weighted by Gasteiger charge is -2.15. The zero-order chi connectivity index (χ0) is 23.9. The number of rotatable bonds is 6. The molecule has 0 aliphatic carbocycles. The topological polar surface area (TPSA) is 110 Å². The molecule has 2 aromatic heterocycles. The number of hydrogen-bond donors (Lipinski definition) is 2. The number of hydrogen-bond acceptors (Lipinski definition) is 5. The largest absolute Gasteiger partial charge is 0.480 e. The Morgan fingerprint density at radius 2 is 1.76 bits per heavy atom. The standard InChI is InChI=1S/C25H22ClNO6/c1-12-11-32-22-14(3)23-18(9-17(12)22)13(2)19(25(31)33-23)10-21(28)27-20(24(29)30)8-15-4-6-16(26)7-5-15/h4-7,9,11,20H,8,10H2,1-3H3,(H,27,28)(H,29,30)/t20-/m0/s1. The van der Waals surface area contributed by atoms with E-state index in [4.69, 9.17) is 20.4 Å². The van der Waals surface area contributed by atoms with E-state index in [-0.39, 0.29) is 18.4 Å². The van der Waals surface area contributed by atoms with Crippen molar-refractivity contribution < 1.29 is 23.5 Å². The molecule has 0 fully saturated rings. The van der Waals surface area contributed by atoms with E-state index in [0.29, 0.717) is 38.3 Å². The number of carboxylic acids is 1. The van der Waals surface area contributed by atoms with E-state index in [1.165, 1.54) is 0 Å². The third kappa shape index (κ3) is 4.36. The maximum atomic E-state index is 12.7. The van der Waals surface area contributed by atoms with Crippen molar-refractivity contribution in [3.63, 3.8) is 0 Å². The Kier molecular flexibility index (Phi) is 5.99. The maximum Gasteiger partial charge on any atom is 0.340 e. The van der Waals surface area contributed by atoms with Gasteiger partial charge in [0.15, 0.2) is 0 Å². The van der Waals surface area contributed by atoms with E-state index in [1.807, 2.05) is 19.9 Å². The number of benzene rings is 2. The van der Waals surface area contributed by atoms with Gasteiger partial charge in [-0.05, 0) is 55.7 Å². The van der Waals surface area contributed by atoms with Crippen molar-refractivity contribution in [3.8, 4) is 0 Å². The van der Waals surface area contributed by atoms with Gasteiger partial charge in [0.05, 0.1) is 18.2 Å². The fourth-order valence-electron chi connectivity index (χ4n) is 3.99. The number of carbonyl (C=O) groups is 2. The normalized spacial score (nSPS) is 12.2. The number of amides is 1. The highest BCUT2D eigenvalue weighted by Crippen LogP contribution is 2.32. The second-order valence-corrected chi connectivity index (χ2v) is 8.57. The van der Waals surface area contributed by atoms with Gasteiger partial charge >= 0.3 is 11.6 Å². The average molecular weight is 468 g/mol. The molecule has 8 heteroatoms. The van der Waals surface area contributed by atoms with Crippen LogP contribution in [-0.2, 0) is 22.4 Å². The predicted octanol–water partition coefficient (Wildman–Crippen LogP) is 4.47. The maximum absolute atomic E-state index is 12.7. The molecule has 1 atom stereocenters. The first kappa shape index (κ1) is 22.6. The molecule has 33 heavy (non-hydrogen) atoms. The van der Waals surface area contributed by atoms with Crippen molar-refractivity contribution in [3.05, 3.63) is 79.9 Å². The quantitative estimate of drug-likeness (QED) is 0.405. The molecule has 7 nitrogen and oxygen atoms in total. The average Bonchev–Trinajstić information content (AvgIpc) is 3.14. The van der Waals surface area contributed by atoms with Crippen LogP contribution >= 0.6 is 11.6 Å². The van der Waals surface area contributed by atoms with Gasteiger partial charge in [0.2, 0.25) is 5.91 Å². The summed E-state index contributed by atoms with van der Waals surface area (Å²) in [5.74, 6) is -1.75. The number of aryl methyl sites for hydroxylation is 3. The Bertz CT molecular complexity index is 1450. The summed E-state index contributed by atoms with van der Waals surface area (Å²) < 4.78 is 11.2. The van der Waals surface area contributed by atoms with Crippen LogP contribution in [0.2, 0.25) is 5.02 Å². The van der Waals surface area contributed by atoms with Gasteiger partial charge in [0.1, 0.15) is 17.2 Å². The molecule has 2 aromatic carbocycles. The molecular weight excluding hydrogens is 446 g/mol. The van der Waals surface area contributed by atoms with Crippen LogP contribution in [0.5, 0.6) is 0 Å². The van der Waals surface area contributed by atoms with Crippen molar-refractivity contribution >= 4 is 45.4 Å². The minimum atomic E-state index is -1.17. The molecule has 0 saturated carbocycles. The molecule has 170 valence electrons. The molecular formula is C25H22ClNO6. The summed E-state index contributed by atoms with van der Waals surface area (Å²) in [5.41, 5.74) is 3.61. The first-order valence-corrected chi connectivity index (χ1v) is 10.7. The molecule has 1 amide bonds. The van der Waals surface area contributed by atoms with Gasteiger partial charge in [0, 0.05) is 27.8 Å². The minimum absolute atomic E-state index is 0.0838. The van der Waals surface area contributed by atoms with Gasteiger partial charge in [-0.15, -0.1) is 0 Å². The SMILES string of the molecule is Cc1coc2c(C)c3oc(=O)c(CC(=O)N[C@@H](Cc4ccc(Cl)cc4)C(=O)O)c(C)c3cc12. The third-order valence-electron chi connectivity index (χ3n) is 5.86. The van der Waals surface area contributed by atoms with E-state index >= 15 is 0 Å². The number of fused-ring (bicyclic) bond motifs is 2. The highest BCUT2D eigenvalue weighted by Gasteiger charge is 2.23. The van der Waals surface area contributed by atoms with Crippen LogP contribution in [0.4, 0.5) is 0 Å². The van der Waals surface area contributed by atoms with E-state index in [9.17, 15) is 19.5 Å². The van der Waals surface area contributed by atoms with Crippen LogP contribution < -0.4 is 10.9 Å². The van der Waals surface area contributed by atoms with Crippen LogP contribution in [0, 0.1) is 20.8 Å². The van der Waals surface area contributed by atoms with E-state index in [1.54, 1.807) is 37.5 Å². The fourth-order valence-corrected chi connectivity index (χ4v) is 4.11. The molecule has 2 heterocycles. The van der Waals surface area contributed by atoms with Crippen molar-refractivity contribution in [2.45, 2.75) is 39.7 Å². The summed E-state index contributed by atoms with van der Waals surface area (Å²) in [7, 11) is 0. The fraction of sp³-hybridized carbons (Fsp3) is 0.240. The lowest BCUT2D eigenvalue weighted by molar-refractivity contribution is -0.141. The molecule has 0 unspecified atom stereocenters. The highest BCUT2D eigenvalue weighted by molar-refractivity contribution is 6.30.